The van der Waals surface area contributed by atoms with Gasteiger partial charge in [-0.05, 0) is 25.2 Å². The zero-order chi connectivity index (χ0) is 17.5. The standard InChI is InChI=1S/C14H21N2O6PS/c1-4-14-5-6-20-9(10(14)22-23(24)19-3)12(21-14)16-7-8(2)11(17)15-13(16)18/h7,9-10,12,23H,4-6H2,1-3H3,(H,15,17,18)/t9?,10?,12-,14+/m1/s1. The maximum absolute atomic E-state index is 12.2. The molecule has 24 heavy (non-hydrogen) atoms. The molecule has 3 unspecified atom stereocenters. The van der Waals surface area contributed by atoms with Crippen LogP contribution in [0.2, 0.25) is 0 Å². The number of hydrogen-bond acceptors (Lipinski definition) is 7. The van der Waals surface area contributed by atoms with Crippen LogP contribution in [0.15, 0.2) is 15.8 Å². The zero-order valence-electron chi connectivity index (χ0n) is 13.7. The zero-order valence-corrected chi connectivity index (χ0v) is 15.6. The van der Waals surface area contributed by atoms with Crippen molar-refractivity contribution in [2.45, 2.75) is 50.7 Å². The number of rotatable bonds is 5. The van der Waals surface area contributed by atoms with Crippen molar-refractivity contribution < 1.29 is 18.5 Å². The number of nitrogens with one attached hydrogen (secondary N) is 1. The largest absolute Gasteiger partial charge is 0.371 e. The van der Waals surface area contributed by atoms with Crippen molar-refractivity contribution in [1.82, 2.24) is 9.55 Å². The average molecular weight is 376 g/mol. The van der Waals surface area contributed by atoms with Gasteiger partial charge in [0.1, 0.15) is 17.8 Å². The molecule has 0 saturated carbocycles. The molecule has 3 heterocycles. The van der Waals surface area contributed by atoms with Gasteiger partial charge in [0.25, 0.3) is 5.56 Å². The number of hydrogen-bond donors (Lipinski definition) is 1. The molecule has 3 rings (SSSR count). The third-order valence-corrected chi connectivity index (χ3v) is 6.27. The van der Waals surface area contributed by atoms with Crippen LogP contribution in [0.3, 0.4) is 0 Å². The number of fused-ring (bicyclic) bond motifs is 2. The summed E-state index contributed by atoms with van der Waals surface area (Å²) in [6, 6.07) is 0. The molecule has 0 amide bonds. The Kier molecular flexibility index (Phi) is 5.11. The summed E-state index contributed by atoms with van der Waals surface area (Å²) in [5.74, 6) is 0. The molecule has 0 radical (unpaired) electrons. The van der Waals surface area contributed by atoms with Gasteiger partial charge >= 0.3 is 5.69 Å². The van der Waals surface area contributed by atoms with Gasteiger partial charge in [0.2, 0.25) is 0 Å². The van der Waals surface area contributed by atoms with Crippen LogP contribution in [0.25, 0.3) is 0 Å². The number of aryl methyl sites for hydroxylation is 1. The summed E-state index contributed by atoms with van der Waals surface area (Å²) < 4.78 is 24.5. The van der Waals surface area contributed by atoms with Gasteiger partial charge in [-0.15, -0.1) is 0 Å². The minimum Gasteiger partial charge on any atom is -0.371 e. The van der Waals surface area contributed by atoms with Gasteiger partial charge in [0.05, 0.1) is 6.61 Å². The van der Waals surface area contributed by atoms with E-state index < -0.39 is 42.4 Å². The molecule has 134 valence electrons. The van der Waals surface area contributed by atoms with Crippen LogP contribution < -0.4 is 11.2 Å². The lowest BCUT2D eigenvalue weighted by Gasteiger charge is -2.37. The van der Waals surface area contributed by atoms with E-state index in [0.717, 1.165) is 0 Å². The molecule has 1 aromatic heterocycles. The quantitative estimate of drug-likeness (QED) is 0.762. The highest BCUT2D eigenvalue weighted by Gasteiger charge is 2.59. The number of ether oxygens (including phenoxy) is 2. The lowest BCUT2D eigenvalue weighted by molar-refractivity contribution is -0.113. The number of aromatic nitrogens is 2. The molecule has 2 bridgehead atoms. The lowest BCUT2D eigenvalue weighted by Crippen LogP contribution is -2.49. The minimum absolute atomic E-state index is 0.410. The van der Waals surface area contributed by atoms with Gasteiger partial charge in [-0.25, -0.2) is 4.79 Å². The molecule has 2 aliphatic heterocycles. The topological polar surface area (TPSA) is 91.8 Å². The van der Waals surface area contributed by atoms with E-state index in [9.17, 15) is 9.59 Å². The average Bonchev–Trinajstić information content (AvgIpc) is 2.73. The smallest absolute Gasteiger partial charge is 0.330 e. The fourth-order valence-corrected chi connectivity index (χ4v) is 4.30. The summed E-state index contributed by atoms with van der Waals surface area (Å²) in [4.78, 5) is 26.1. The van der Waals surface area contributed by atoms with Crippen LogP contribution in [-0.2, 0) is 30.3 Å². The summed E-state index contributed by atoms with van der Waals surface area (Å²) in [5.41, 5.74) is -1.10. The second-order valence-electron chi connectivity index (χ2n) is 5.98. The molecule has 0 aliphatic carbocycles. The number of nitrogens with zero attached hydrogens (tertiary/aromatic N) is 1. The van der Waals surface area contributed by atoms with Crippen molar-refractivity contribution >= 4 is 19.0 Å². The maximum Gasteiger partial charge on any atom is 0.330 e. The third kappa shape index (κ3) is 2.94. The third-order valence-electron chi connectivity index (χ3n) is 4.70. The van der Waals surface area contributed by atoms with Gasteiger partial charge in [-0.3, -0.25) is 14.3 Å². The fourth-order valence-electron chi connectivity index (χ4n) is 3.34. The first-order valence-electron chi connectivity index (χ1n) is 7.78. The predicted molar refractivity (Wildman–Crippen MR) is 91.1 cm³/mol. The highest BCUT2D eigenvalue weighted by atomic mass is 32.4. The molecule has 2 fully saturated rings. The summed E-state index contributed by atoms with van der Waals surface area (Å²) in [5, 5.41) is 0. The van der Waals surface area contributed by atoms with Gasteiger partial charge in [0, 0.05) is 25.3 Å². The monoisotopic (exact) mass is 376 g/mol. The molecule has 5 atom stereocenters. The molecule has 1 N–H and O–H groups in total. The Bertz CT molecular complexity index is 764. The van der Waals surface area contributed by atoms with Crippen LogP contribution in [-0.4, -0.2) is 41.1 Å². The van der Waals surface area contributed by atoms with Crippen molar-refractivity contribution in [3.63, 3.8) is 0 Å². The van der Waals surface area contributed by atoms with E-state index in [1.54, 1.807) is 6.92 Å². The first kappa shape index (κ1) is 18.0. The van der Waals surface area contributed by atoms with E-state index in [4.69, 9.17) is 30.3 Å². The van der Waals surface area contributed by atoms with Crippen LogP contribution >= 0.6 is 7.15 Å². The Hall–Kier alpha value is -0.830. The van der Waals surface area contributed by atoms with E-state index >= 15 is 0 Å². The molecular formula is C14H21N2O6PS. The van der Waals surface area contributed by atoms with E-state index in [1.807, 2.05) is 6.92 Å². The van der Waals surface area contributed by atoms with Gasteiger partial charge in [-0.2, -0.15) is 0 Å². The van der Waals surface area contributed by atoms with E-state index in [0.29, 0.717) is 25.0 Å². The lowest BCUT2D eigenvalue weighted by atomic mass is 9.87. The Balaban J connectivity index is 2.02. The Morgan fingerprint density at radius 3 is 2.96 bits per heavy atom. The minimum atomic E-state index is -1.85. The van der Waals surface area contributed by atoms with Crippen molar-refractivity contribution in [3.05, 3.63) is 32.6 Å². The maximum atomic E-state index is 12.2. The molecule has 2 saturated heterocycles. The van der Waals surface area contributed by atoms with E-state index in [1.165, 1.54) is 17.9 Å². The summed E-state index contributed by atoms with van der Waals surface area (Å²) in [7, 11) is -0.338. The predicted octanol–water partition coefficient (Wildman–Crippen LogP) is 0.849. The van der Waals surface area contributed by atoms with Crippen LogP contribution in [0.4, 0.5) is 0 Å². The highest BCUT2D eigenvalue weighted by Crippen LogP contribution is 2.50. The molecular weight excluding hydrogens is 355 g/mol. The van der Waals surface area contributed by atoms with Gasteiger partial charge < -0.3 is 18.5 Å². The second-order valence-corrected chi connectivity index (χ2v) is 8.13. The van der Waals surface area contributed by atoms with Gasteiger partial charge in [0.15, 0.2) is 13.4 Å². The van der Waals surface area contributed by atoms with Crippen molar-refractivity contribution in [2.75, 3.05) is 13.7 Å². The summed E-state index contributed by atoms with van der Waals surface area (Å²) in [6.07, 6.45) is 1.26. The van der Waals surface area contributed by atoms with E-state index in [2.05, 4.69) is 4.98 Å². The SMILES string of the molecule is CC[C@]12CCOC(C1O[PH](=S)OC)[C@H](n1cc(C)c(=O)[nH]c1=O)O2. The van der Waals surface area contributed by atoms with Crippen molar-refractivity contribution in [2.24, 2.45) is 0 Å². The van der Waals surface area contributed by atoms with Crippen molar-refractivity contribution in [1.29, 1.82) is 0 Å². The first-order valence-corrected chi connectivity index (χ1v) is 10.2. The van der Waals surface area contributed by atoms with Crippen LogP contribution in [0, 0.1) is 6.92 Å². The number of H-pyrrole nitrogens is 1. The molecule has 0 aromatic carbocycles. The first-order chi connectivity index (χ1) is 11.4. The Morgan fingerprint density at radius 2 is 2.29 bits per heavy atom. The van der Waals surface area contributed by atoms with Gasteiger partial charge in [-0.1, -0.05) is 6.92 Å². The molecule has 10 heteroatoms. The van der Waals surface area contributed by atoms with Crippen molar-refractivity contribution in [3.8, 4) is 0 Å². The Labute approximate surface area is 144 Å². The normalized spacial score (nSPS) is 33.5. The van der Waals surface area contributed by atoms with Crippen LogP contribution in [0.1, 0.15) is 31.6 Å². The molecule has 1 aromatic rings. The highest BCUT2D eigenvalue weighted by molar-refractivity contribution is 8.00. The summed E-state index contributed by atoms with van der Waals surface area (Å²) >= 11 is 5.20. The summed E-state index contributed by atoms with van der Waals surface area (Å²) in [6.45, 7) is 4.15. The fraction of sp³-hybridized carbons (Fsp3) is 0.714. The molecule has 8 nitrogen and oxygen atoms in total. The van der Waals surface area contributed by atoms with E-state index in [-0.39, 0.29) is 0 Å². The molecule has 2 aliphatic rings. The molecule has 0 spiro atoms. The van der Waals surface area contributed by atoms with Crippen LogP contribution in [0.5, 0.6) is 0 Å². The number of aromatic amines is 1. The Morgan fingerprint density at radius 1 is 1.54 bits per heavy atom. The second kappa shape index (κ2) is 6.82.